The third-order valence-electron chi connectivity index (χ3n) is 6.09. The first kappa shape index (κ1) is 22.2. The molecule has 6 heteroatoms. The molecule has 2 aliphatic heterocycles. The number of carbonyl (C=O) groups excluding carboxylic acids is 1. The maximum Gasteiger partial charge on any atom is 0.220 e. The maximum atomic E-state index is 13.7. The number of rotatable bonds is 8. The number of hydrogen-bond acceptors (Lipinski definition) is 4. The lowest BCUT2D eigenvalue weighted by molar-refractivity contribution is -0.121. The van der Waals surface area contributed by atoms with Crippen LogP contribution < -0.4 is 5.32 Å². The average molecular weight is 406 g/mol. The zero-order valence-electron chi connectivity index (χ0n) is 17.9. The second-order valence-corrected chi connectivity index (χ2v) is 8.82. The first-order valence-corrected chi connectivity index (χ1v) is 11.1. The van der Waals surface area contributed by atoms with E-state index in [9.17, 15) is 9.18 Å². The number of halogens is 1. The van der Waals surface area contributed by atoms with Gasteiger partial charge in [0.2, 0.25) is 5.91 Å². The number of carbonyl (C=O) groups is 1. The Morgan fingerprint density at radius 3 is 2.72 bits per heavy atom. The van der Waals surface area contributed by atoms with Crippen molar-refractivity contribution in [1.82, 2.24) is 15.1 Å². The highest BCUT2D eigenvalue weighted by molar-refractivity contribution is 5.75. The van der Waals surface area contributed by atoms with Gasteiger partial charge in [0, 0.05) is 50.7 Å². The molecule has 1 aromatic rings. The summed E-state index contributed by atoms with van der Waals surface area (Å²) >= 11 is 0. The molecule has 3 rings (SSSR count). The van der Waals surface area contributed by atoms with E-state index in [1.54, 1.807) is 18.2 Å². The van der Waals surface area contributed by atoms with Crippen molar-refractivity contribution in [3.63, 3.8) is 0 Å². The lowest BCUT2D eigenvalue weighted by atomic mass is 9.86. The number of likely N-dealkylation sites (tertiary alicyclic amines) is 1. The van der Waals surface area contributed by atoms with E-state index in [0.717, 1.165) is 58.8 Å². The molecule has 0 bridgehead atoms. The minimum absolute atomic E-state index is 0.00923. The van der Waals surface area contributed by atoms with Crippen LogP contribution in [0.25, 0.3) is 0 Å². The number of hydrogen-bond donors (Lipinski definition) is 1. The van der Waals surface area contributed by atoms with E-state index < -0.39 is 0 Å². The van der Waals surface area contributed by atoms with E-state index in [4.69, 9.17) is 4.74 Å². The number of nitrogens with zero attached hydrogens (tertiary/aromatic N) is 2. The van der Waals surface area contributed by atoms with Crippen molar-refractivity contribution in [3.8, 4) is 0 Å². The lowest BCUT2D eigenvalue weighted by Crippen LogP contribution is -2.54. The Morgan fingerprint density at radius 2 is 2.00 bits per heavy atom. The van der Waals surface area contributed by atoms with Gasteiger partial charge in [-0.05, 0) is 37.3 Å². The first-order chi connectivity index (χ1) is 14.0. The molecule has 2 heterocycles. The molecule has 0 aromatic heterocycles. The van der Waals surface area contributed by atoms with Gasteiger partial charge in [-0.3, -0.25) is 9.69 Å². The van der Waals surface area contributed by atoms with Crippen molar-refractivity contribution in [2.45, 2.75) is 45.7 Å². The van der Waals surface area contributed by atoms with Crippen molar-refractivity contribution in [3.05, 3.63) is 35.6 Å². The standard InChI is InChI=1S/C23H36FN3O2/c1-18(2)16-26-10-9-22(27-11-13-29-14-12-27)20(17-26)7-8-23(28)25-15-19-5-3-4-6-21(19)24/h3-6,18,20,22H,7-17H2,1-2H3,(H,25,28)/t20-,22+/m1/s1. The van der Waals surface area contributed by atoms with Gasteiger partial charge in [0.25, 0.3) is 0 Å². The molecule has 0 radical (unpaired) electrons. The summed E-state index contributed by atoms with van der Waals surface area (Å²) in [6, 6.07) is 7.14. The quantitative estimate of drug-likeness (QED) is 0.722. The van der Waals surface area contributed by atoms with Gasteiger partial charge in [-0.15, -0.1) is 0 Å². The minimum Gasteiger partial charge on any atom is -0.379 e. The molecule has 162 valence electrons. The summed E-state index contributed by atoms with van der Waals surface area (Å²) in [5.74, 6) is 0.881. The molecule has 2 aliphatic rings. The highest BCUT2D eigenvalue weighted by Crippen LogP contribution is 2.27. The molecule has 29 heavy (non-hydrogen) atoms. The van der Waals surface area contributed by atoms with Crippen LogP contribution in [0.4, 0.5) is 4.39 Å². The van der Waals surface area contributed by atoms with Gasteiger partial charge in [0.1, 0.15) is 5.82 Å². The zero-order valence-corrected chi connectivity index (χ0v) is 17.9. The number of benzene rings is 1. The van der Waals surface area contributed by atoms with Gasteiger partial charge in [0.15, 0.2) is 0 Å². The summed E-state index contributed by atoms with van der Waals surface area (Å²) in [5.41, 5.74) is 0.535. The molecule has 0 saturated carbocycles. The molecule has 1 aromatic carbocycles. The third-order valence-corrected chi connectivity index (χ3v) is 6.09. The van der Waals surface area contributed by atoms with Crippen LogP contribution in [0.1, 0.15) is 38.7 Å². The largest absolute Gasteiger partial charge is 0.379 e. The van der Waals surface area contributed by atoms with Crippen LogP contribution in [0.5, 0.6) is 0 Å². The number of morpholine rings is 1. The molecule has 0 unspecified atom stereocenters. The maximum absolute atomic E-state index is 13.7. The molecule has 2 saturated heterocycles. The number of piperidine rings is 1. The predicted octanol–water partition coefficient (Wildman–Crippen LogP) is 2.90. The molecule has 0 spiro atoms. The van der Waals surface area contributed by atoms with Crippen molar-refractivity contribution in [2.24, 2.45) is 11.8 Å². The fourth-order valence-electron chi connectivity index (χ4n) is 4.69. The minimum atomic E-state index is -0.267. The van der Waals surface area contributed by atoms with E-state index in [1.165, 1.54) is 6.07 Å². The fraction of sp³-hybridized carbons (Fsp3) is 0.696. The Labute approximate surface area is 174 Å². The molecule has 2 fully saturated rings. The fourth-order valence-corrected chi connectivity index (χ4v) is 4.69. The van der Waals surface area contributed by atoms with E-state index >= 15 is 0 Å². The predicted molar refractivity (Wildman–Crippen MR) is 113 cm³/mol. The van der Waals surface area contributed by atoms with Gasteiger partial charge in [-0.25, -0.2) is 4.39 Å². The van der Waals surface area contributed by atoms with E-state index in [1.807, 2.05) is 0 Å². The Hall–Kier alpha value is -1.50. The normalized spacial score (nSPS) is 24.0. The number of amides is 1. The van der Waals surface area contributed by atoms with Gasteiger partial charge < -0.3 is 15.0 Å². The van der Waals surface area contributed by atoms with Gasteiger partial charge in [0.05, 0.1) is 13.2 Å². The topological polar surface area (TPSA) is 44.8 Å². The zero-order chi connectivity index (χ0) is 20.6. The molecule has 5 nitrogen and oxygen atoms in total. The van der Waals surface area contributed by atoms with E-state index in [2.05, 4.69) is 29.0 Å². The van der Waals surface area contributed by atoms with Crippen LogP contribution >= 0.6 is 0 Å². The van der Waals surface area contributed by atoms with Crippen LogP contribution in [0.3, 0.4) is 0 Å². The highest BCUT2D eigenvalue weighted by Gasteiger charge is 2.34. The van der Waals surface area contributed by atoms with Crippen molar-refractivity contribution in [2.75, 3.05) is 45.9 Å². The Bertz CT molecular complexity index is 649. The Morgan fingerprint density at radius 1 is 1.24 bits per heavy atom. The molecular weight excluding hydrogens is 369 g/mol. The van der Waals surface area contributed by atoms with Crippen molar-refractivity contribution >= 4 is 5.91 Å². The molecule has 0 aliphatic carbocycles. The number of nitrogens with one attached hydrogen (secondary N) is 1. The summed E-state index contributed by atoms with van der Waals surface area (Å²) in [5, 5.41) is 2.89. The smallest absolute Gasteiger partial charge is 0.220 e. The first-order valence-electron chi connectivity index (χ1n) is 11.1. The monoisotopic (exact) mass is 405 g/mol. The second kappa shape index (κ2) is 11.0. The van der Waals surface area contributed by atoms with Crippen LogP contribution in [-0.4, -0.2) is 67.7 Å². The summed E-state index contributed by atoms with van der Waals surface area (Å²) in [7, 11) is 0. The van der Waals surface area contributed by atoms with Crippen LogP contribution in [0.15, 0.2) is 24.3 Å². The van der Waals surface area contributed by atoms with Crippen molar-refractivity contribution < 1.29 is 13.9 Å². The van der Waals surface area contributed by atoms with Gasteiger partial charge in [-0.1, -0.05) is 32.0 Å². The summed E-state index contributed by atoms with van der Waals surface area (Å²) in [6.45, 7) is 11.7. The highest BCUT2D eigenvalue weighted by atomic mass is 19.1. The number of ether oxygens (including phenoxy) is 1. The molecule has 2 atom stereocenters. The Balaban J connectivity index is 1.53. The molecular formula is C23H36FN3O2. The van der Waals surface area contributed by atoms with Crippen molar-refractivity contribution in [1.29, 1.82) is 0 Å². The SMILES string of the molecule is CC(C)CN1CC[C@H](N2CCOCC2)[C@H](CCC(=O)NCc2ccccc2F)C1. The van der Waals surface area contributed by atoms with Crippen LogP contribution in [0.2, 0.25) is 0 Å². The van der Waals surface area contributed by atoms with Crippen LogP contribution in [0, 0.1) is 17.7 Å². The molecule has 1 N–H and O–H groups in total. The summed E-state index contributed by atoms with van der Waals surface area (Å²) in [6.07, 6.45) is 2.53. The average Bonchev–Trinajstić information content (AvgIpc) is 2.72. The van der Waals surface area contributed by atoms with Gasteiger partial charge in [-0.2, -0.15) is 0 Å². The summed E-state index contributed by atoms with van der Waals surface area (Å²) < 4.78 is 19.3. The third kappa shape index (κ3) is 6.76. The Kier molecular flexibility index (Phi) is 8.45. The second-order valence-electron chi connectivity index (χ2n) is 8.82. The van der Waals surface area contributed by atoms with E-state index in [-0.39, 0.29) is 18.3 Å². The van der Waals surface area contributed by atoms with E-state index in [0.29, 0.717) is 29.9 Å². The van der Waals surface area contributed by atoms with Crippen LogP contribution in [-0.2, 0) is 16.1 Å². The lowest BCUT2D eigenvalue weighted by Gasteiger charge is -2.45. The summed E-state index contributed by atoms with van der Waals surface area (Å²) in [4.78, 5) is 17.6. The van der Waals surface area contributed by atoms with Gasteiger partial charge >= 0.3 is 0 Å². The molecule has 1 amide bonds.